The van der Waals surface area contributed by atoms with Gasteiger partial charge in [0.15, 0.2) is 5.16 Å². The Morgan fingerprint density at radius 3 is 2.82 bits per heavy atom. The van der Waals surface area contributed by atoms with E-state index < -0.39 is 0 Å². The number of rotatable bonds is 10. The van der Waals surface area contributed by atoms with Crippen molar-refractivity contribution in [2.24, 2.45) is 0 Å². The Morgan fingerprint density at radius 2 is 2.09 bits per heavy atom. The summed E-state index contributed by atoms with van der Waals surface area (Å²) in [5, 5.41) is 3.63. The van der Waals surface area contributed by atoms with Gasteiger partial charge in [-0.3, -0.25) is 14.6 Å². The lowest BCUT2D eigenvalue weighted by atomic mass is 10.1. The molecule has 3 heterocycles. The maximum Gasteiger partial charge on any atom is 0.230 e. The van der Waals surface area contributed by atoms with Crippen LogP contribution in [-0.2, 0) is 16.1 Å². The van der Waals surface area contributed by atoms with Crippen molar-refractivity contribution in [1.82, 2.24) is 25.2 Å². The van der Waals surface area contributed by atoms with E-state index in [-0.39, 0.29) is 23.6 Å². The first-order chi connectivity index (χ1) is 16.0. The first kappa shape index (κ1) is 25.2. The molecule has 1 aliphatic rings. The number of aromatic nitrogens is 3. The van der Waals surface area contributed by atoms with Crippen LogP contribution in [0.5, 0.6) is 0 Å². The summed E-state index contributed by atoms with van der Waals surface area (Å²) in [4.78, 5) is 41.9. The molecule has 1 fully saturated rings. The number of carbonyl (C=O) groups excluding carboxylic acids is 2. The van der Waals surface area contributed by atoms with Crippen LogP contribution in [-0.4, -0.2) is 63.1 Å². The van der Waals surface area contributed by atoms with Gasteiger partial charge in [-0.05, 0) is 25.5 Å². The van der Waals surface area contributed by atoms with Crippen LogP contribution in [0.2, 0.25) is 5.15 Å². The van der Waals surface area contributed by atoms with Crippen molar-refractivity contribution in [3.63, 3.8) is 0 Å². The minimum absolute atomic E-state index is 0.0927. The highest BCUT2D eigenvalue weighted by Crippen LogP contribution is 2.24. The Labute approximate surface area is 204 Å². The molecule has 1 aliphatic heterocycles. The van der Waals surface area contributed by atoms with E-state index in [0.29, 0.717) is 42.9 Å². The number of nitrogens with zero attached hydrogens (tertiary/aromatic N) is 5. The summed E-state index contributed by atoms with van der Waals surface area (Å²) in [6.45, 7) is 6.61. The molecule has 10 heteroatoms. The second-order valence-electron chi connectivity index (χ2n) is 8.06. The average Bonchev–Trinajstić information content (AvgIpc) is 2.81. The lowest BCUT2D eigenvalue weighted by Gasteiger charge is -2.40. The first-order valence-corrected chi connectivity index (χ1v) is 12.7. The molecule has 1 atom stereocenters. The van der Waals surface area contributed by atoms with Crippen LogP contribution in [0, 0.1) is 0 Å². The molecule has 2 aromatic heterocycles. The summed E-state index contributed by atoms with van der Waals surface area (Å²) in [6.07, 6.45) is 5.44. The maximum absolute atomic E-state index is 12.5. The maximum atomic E-state index is 12.5. The van der Waals surface area contributed by atoms with Crippen molar-refractivity contribution < 1.29 is 9.59 Å². The van der Waals surface area contributed by atoms with E-state index in [9.17, 15) is 9.59 Å². The van der Waals surface area contributed by atoms with Crippen molar-refractivity contribution in [1.29, 1.82) is 0 Å². The second-order valence-corrected chi connectivity index (χ2v) is 9.39. The van der Waals surface area contributed by atoms with Gasteiger partial charge >= 0.3 is 0 Å². The van der Waals surface area contributed by atoms with Gasteiger partial charge in [-0.25, -0.2) is 9.97 Å². The molecular formula is C23H31ClN6O2S. The first-order valence-electron chi connectivity index (χ1n) is 11.3. The fraction of sp³-hybridized carbons (Fsp3) is 0.522. The number of piperazine rings is 1. The highest BCUT2D eigenvalue weighted by atomic mass is 35.5. The van der Waals surface area contributed by atoms with Crippen LogP contribution in [0.4, 0.5) is 5.82 Å². The predicted octanol–water partition coefficient (Wildman–Crippen LogP) is 3.55. The minimum atomic E-state index is -0.125. The summed E-state index contributed by atoms with van der Waals surface area (Å²) >= 11 is 7.49. The molecule has 33 heavy (non-hydrogen) atoms. The standard InChI is InChI=1S/C23H31ClN6O2S/c1-3-4-5-9-22(32)30-12-11-29(15-17(30)2)20-13-19(24)27-23(28-20)33-16-21(31)26-14-18-8-6-7-10-25-18/h6-8,10,13,17H,3-5,9,11-12,14-16H2,1-2H3,(H,26,31). The number of thioether (sulfide) groups is 1. The number of carbonyl (C=O) groups is 2. The Kier molecular flexibility index (Phi) is 9.75. The third-order valence-corrected chi connectivity index (χ3v) is 6.49. The topological polar surface area (TPSA) is 91.3 Å². The molecule has 0 spiro atoms. The van der Waals surface area contributed by atoms with E-state index >= 15 is 0 Å². The molecule has 0 aromatic carbocycles. The highest BCUT2D eigenvalue weighted by molar-refractivity contribution is 7.99. The molecule has 2 amide bonds. The summed E-state index contributed by atoms with van der Waals surface area (Å²) < 4.78 is 0. The molecule has 1 N–H and O–H groups in total. The summed E-state index contributed by atoms with van der Waals surface area (Å²) in [7, 11) is 0. The van der Waals surface area contributed by atoms with Gasteiger partial charge in [-0.15, -0.1) is 0 Å². The van der Waals surface area contributed by atoms with Crippen LogP contribution >= 0.6 is 23.4 Å². The van der Waals surface area contributed by atoms with E-state index in [1.165, 1.54) is 11.8 Å². The van der Waals surface area contributed by atoms with Crippen molar-refractivity contribution in [2.75, 3.05) is 30.3 Å². The van der Waals surface area contributed by atoms with Crippen molar-refractivity contribution >= 4 is 41.0 Å². The number of amides is 2. The van der Waals surface area contributed by atoms with Gasteiger partial charge in [0.2, 0.25) is 11.8 Å². The molecule has 1 unspecified atom stereocenters. The fourth-order valence-electron chi connectivity index (χ4n) is 3.69. The number of unbranched alkanes of at least 4 members (excludes halogenated alkanes) is 2. The van der Waals surface area contributed by atoms with Crippen molar-refractivity contribution in [3.8, 4) is 0 Å². The zero-order valence-corrected chi connectivity index (χ0v) is 20.7. The van der Waals surface area contributed by atoms with Crippen LogP contribution in [0.1, 0.15) is 45.2 Å². The number of hydrogen-bond donors (Lipinski definition) is 1. The van der Waals surface area contributed by atoms with Gasteiger partial charge < -0.3 is 15.1 Å². The van der Waals surface area contributed by atoms with Crippen molar-refractivity contribution in [2.45, 2.75) is 57.3 Å². The Morgan fingerprint density at radius 1 is 1.24 bits per heavy atom. The largest absolute Gasteiger partial charge is 0.353 e. The normalized spacial score (nSPS) is 16.0. The van der Waals surface area contributed by atoms with E-state index in [0.717, 1.165) is 30.8 Å². The molecule has 178 valence electrons. The third-order valence-electron chi connectivity index (χ3n) is 5.45. The zero-order chi connectivity index (χ0) is 23.6. The van der Waals surface area contributed by atoms with E-state index in [4.69, 9.17) is 11.6 Å². The van der Waals surface area contributed by atoms with Gasteiger partial charge in [-0.2, -0.15) is 0 Å². The second kappa shape index (κ2) is 12.7. The van der Waals surface area contributed by atoms with Crippen LogP contribution in [0.3, 0.4) is 0 Å². The molecule has 0 radical (unpaired) electrons. The Bertz CT molecular complexity index is 932. The lowest BCUT2D eigenvalue weighted by molar-refractivity contribution is -0.133. The quantitative estimate of drug-likeness (QED) is 0.235. The van der Waals surface area contributed by atoms with Crippen LogP contribution < -0.4 is 10.2 Å². The molecule has 0 bridgehead atoms. The smallest absolute Gasteiger partial charge is 0.230 e. The number of halogens is 1. The molecule has 0 aliphatic carbocycles. The van der Waals surface area contributed by atoms with Gasteiger partial charge in [0.05, 0.1) is 18.0 Å². The fourth-order valence-corrected chi connectivity index (χ4v) is 4.60. The minimum Gasteiger partial charge on any atom is -0.353 e. The third kappa shape index (κ3) is 7.85. The van der Waals surface area contributed by atoms with E-state index in [1.54, 1.807) is 12.3 Å². The number of pyridine rings is 1. The molecule has 0 saturated carbocycles. The number of hydrogen-bond acceptors (Lipinski definition) is 7. The number of anilines is 1. The summed E-state index contributed by atoms with van der Waals surface area (Å²) in [5.74, 6) is 1.00. The highest BCUT2D eigenvalue weighted by Gasteiger charge is 2.28. The van der Waals surface area contributed by atoms with Crippen LogP contribution in [0.25, 0.3) is 0 Å². The van der Waals surface area contributed by atoms with Crippen LogP contribution in [0.15, 0.2) is 35.6 Å². The van der Waals surface area contributed by atoms with Gasteiger partial charge in [-0.1, -0.05) is 49.2 Å². The van der Waals surface area contributed by atoms with Gasteiger partial charge in [0, 0.05) is 44.4 Å². The number of nitrogens with one attached hydrogen (secondary N) is 1. The SMILES string of the molecule is CCCCCC(=O)N1CCN(c2cc(Cl)nc(SCC(=O)NCc3ccccn3)n2)CC1C. The van der Waals surface area contributed by atoms with Gasteiger partial charge in [0.1, 0.15) is 11.0 Å². The average molecular weight is 491 g/mol. The molecular weight excluding hydrogens is 460 g/mol. The van der Waals surface area contributed by atoms with E-state index in [1.807, 2.05) is 23.1 Å². The predicted molar refractivity (Wildman–Crippen MR) is 131 cm³/mol. The van der Waals surface area contributed by atoms with Gasteiger partial charge in [0.25, 0.3) is 0 Å². The van der Waals surface area contributed by atoms with Crippen molar-refractivity contribution in [3.05, 3.63) is 41.3 Å². The molecule has 8 nitrogen and oxygen atoms in total. The lowest BCUT2D eigenvalue weighted by Crippen LogP contribution is -2.54. The molecule has 1 saturated heterocycles. The van der Waals surface area contributed by atoms with E-state index in [2.05, 4.69) is 39.0 Å². The molecule has 2 aromatic rings. The monoisotopic (exact) mass is 490 g/mol. The molecule has 3 rings (SSSR count). The zero-order valence-electron chi connectivity index (χ0n) is 19.2. The summed E-state index contributed by atoms with van der Waals surface area (Å²) in [6, 6.07) is 7.40. The Balaban J connectivity index is 1.52. The Hall–Kier alpha value is -2.39. The summed E-state index contributed by atoms with van der Waals surface area (Å²) in [5.41, 5.74) is 0.800.